The van der Waals surface area contributed by atoms with Crippen LogP contribution >= 0.6 is 11.3 Å². The zero-order chi connectivity index (χ0) is 36.7. The smallest absolute Gasteiger partial charge is 0.198 e. The third-order valence-corrected chi connectivity index (χ3v) is 13.0. The molecule has 7 aromatic carbocycles. The number of hydrogen-bond acceptors (Lipinski definition) is 2. The van der Waals surface area contributed by atoms with E-state index in [0.29, 0.717) is 0 Å². The summed E-state index contributed by atoms with van der Waals surface area (Å²) in [5.74, 6) is 0. The van der Waals surface area contributed by atoms with Crippen LogP contribution in [0, 0.1) is 6.92 Å². The van der Waals surface area contributed by atoms with Gasteiger partial charge in [-0.2, -0.15) is 0 Å². The third kappa shape index (κ3) is 5.29. The number of thiophene rings is 1. The lowest BCUT2D eigenvalue weighted by atomic mass is 9.58. The third-order valence-electron chi connectivity index (χ3n) is 11.9. The van der Waals surface area contributed by atoms with Gasteiger partial charge in [0.15, 0.2) is 7.28 Å². The predicted molar refractivity (Wildman–Crippen MR) is 239 cm³/mol. The van der Waals surface area contributed by atoms with E-state index < -0.39 is 0 Å². The number of rotatable bonds is 7. The Bertz CT molecular complexity index is 2940. The van der Waals surface area contributed by atoms with Gasteiger partial charge in [0.05, 0.1) is 5.52 Å². The lowest BCUT2D eigenvalue weighted by Gasteiger charge is -2.27. The van der Waals surface area contributed by atoms with Crippen molar-refractivity contribution >= 4 is 93.7 Å². The number of nitrogens with zero attached hydrogens (tertiary/aromatic N) is 1. The number of aromatic nitrogens is 1. The molecule has 0 bridgehead atoms. The van der Waals surface area contributed by atoms with Crippen LogP contribution in [0.25, 0.3) is 69.6 Å². The molecule has 9 aromatic rings. The number of unbranched alkanes of at least 4 members (excludes halogenated alkanes) is 2. The molecule has 0 fully saturated rings. The first-order valence-electron chi connectivity index (χ1n) is 19.7. The quantitative estimate of drug-likeness (QED) is 0.128. The highest BCUT2D eigenvalue weighted by Gasteiger charge is 2.30. The van der Waals surface area contributed by atoms with Crippen molar-refractivity contribution in [2.45, 2.75) is 65.7 Å². The van der Waals surface area contributed by atoms with Crippen molar-refractivity contribution in [3.8, 4) is 16.8 Å². The Morgan fingerprint density at radius 3 is 2.31 bits per heavy atom. The minimum absolute atomic E-state index is 0.0589. The van der Waals surface area contributed by atoms with E-state index in [1.54, 1.807) is 0 Å². The van der Waals surface area contributed by atoms with Crippen LogP contribution in [0.2, 0.25) is 0 Å². The molecule has 0 amide bonds. The predicted octanol–water partition coefficient (Wildman–Crippen LogP) is 12.8. The maximum atomic E-state index is 3.95. The van der Waals surface area contributed by atoms with E-state index in [9.17, 15) is 0 Å². The van der Waals surface area contributed by atoms with Crippen molar-refractivity contribution in [1.82, 2.24) is 4.57 Å². The minimum atomic E-state index is 0.0589. The molecule has 1 aliphatic heterocycles. The van der Waals surface area contributed by atoms with Crippen molar-refractivity contribution in [3.05, 3.63) is 138 Å². The molecule has 3 heterocycles. The van der Waals surface area contributed by atoms with Crippen LogP contribution in [0.1, 0.15) is 63.6 Å². The molecule has 1 aliphatic rings. The lowest BCUT2D eigenvalue weighted by molar-refractivity contribution is 0.590. The van der Waals surface area contributed by atoms with Gasteiger partial charge in [0, 0.05) is 59.1 Å². The van der Waals surface area contributed by atoms with E-state index in [-0.39, 0.29) is 5.41 Å². The van der Waals surface area contributed by atoms with Crippen LogP contribution < -0.4 is 16.2 Å². The lowest BCUT2D eigenvalue weighted by Crippen LogP contribution is -2.38. The van der Waals surface area contributed by atoms with Crippen LogP contribution in [-0.2, 0) is 11.8 Å². The number of hydrogen-bond donors (Lipinski definition) is 1. The number of anilines is 2. The van der Waals surface area contributed by atoms with Gasteiger partial charge in [0.2, 0.25) is 0 Å². The Morgan fingerprint density at radius 2 is 1.50 bits per heavy atom. The summed E-state index contributed by atoms with van der Waals surface area (Å²) in [6.07, 6.45) is 4.91. The van der Waals surface area contributed by atoms with Gasteiger partial charge in [-0.25, -0.2) is 0 Å². The van der Waals surface area contributed by atoms with E-state index in [2.05, 4.69) is 166 Å². The van der Waals surface area contributed by atoms with Crippen molar-refractivity contribution in [2.75, 3.05) is 5.32 Å². The zero-order valence-corrected chi connectivity index (χ0v) is 32.8. The summed E-state index contributed by atoms with van der Waals surface area (Å²) in [5.41, 5.74) is 15.8. The first kappa shape index (κ1) is 33.3. The van der Waals surface area contributed by atoms with Gasteiger partial charge >= 0.3 is 0 Å². The van der Waals surface area contributed by atoms with Crippen molar-refractivity contribution in [1.29, 1.82) is 0 Å². The summed E-state index contributed by atoms with van der Waals surface area (Å²) >= 11 is 1.89. The van der Waals surface area contributed by atoms with Gasteiger partial charge in [0.1, 0.15) is 0 Å². The van der Waals surface area contributed by atoms with Crippen LogP contribution in [-0.4, -0.2) is 11.8 Å². The largest absolute Gasteiger partial charge is 0.355 e. The Kier molecular flexibility index (Phi) is 7.79. The zero-order valence-electron chi connectivity index (χ0n) is 31.9. The summed E-state index contributed by atoms with van der Waals surface area (Å²) in [6, 6.07) is 46.2. The Balaban J connectivity index is 1.26. The monoisotopic (exact) mass is 716 g/mol. The van der Waals surface area contributed by atoms with E-state index in [1.807, 2.05) is 11.3 Å². The second-order valence-electron chi connectivity index (χ2n) is 16.5. The fourth-order valence-electron chi connectivity index (χ4n) is 9.09. The summed E-state index contributed by atoms with van der Waals surface area (Å²) in [6.45, 7) is 11.6. The van der Waals surface area contributed by atoms with Crippen molar-refractivity contribution in [2.24, 2.45) is 0 Å². The van der Waals surface area contributed by atoms with Gasteiger partial charge in [-0.3, -0.25) is 0 Å². The SMILES string of the molecule is CCCCCc1ccc(Nc2cc3sc4ccccc4c3cc2-c2cc(C)c3c4c5ccccc5ccc4n4c3c2Bc2cc(C(C)(C)C)ccc2-4)cc1. The molecular formula is C50H45BN2S. The van der Waals surface area contributed by atoms with Crippen LogP contribution in [0.5, 0.6) is 0 Å². The fraction of sp³-hybridized carbons (Fsp3) is 0.200. The molecule has 54 heavy (non-hydrogen) atoms. The minimum Gasteiger partial charge on any atom is -0.355 e. The maximum Gasteiger partial charge on any atom is 0.198 e. The Labute approximate surface area is 322 Å². The molecule has 0 unspecified atom stereocenters. The van der Waals surface area contributed by atoms with E-state index in [1.165, 1.54) is 116 Å². The van der Waals surface area contributed by atoms with E-state index in [0.717, 1.165) is 25.1 Å². The molecule has 0 radical (unpaired) electrons. The number of fused-ring (bicyclic) bond motifs is 10. The van der Waals surface area contributed by atoms with Gasteiger partial charge in [-0.05, 0) is 106 Å². The molecule has 2 nitrogen and oxygen atoms in total. The first-order valence-corrected chi connectivity index (χ1v) is 20.5. The second kappa shape index (κ2) is 12.6. The molecule has 0 saturated heterocycles. The Hall–Kier alpha value is -5.32. The normalized spacial score (nSPS) is 12.6. The fourth-order valence-corrected chi connectivity index (χ4v) is 10.2. The van der Waals surface area contributed by atoms with Crippen LogP contribution in [0.4, 0.5) is 11.4 Å². The molecular weight excluding hydrogens is 671 g/mol. The molecule has 0 aliphatic carbocycles. The molecule has 0 spiro atoms. The average molecular weight is 717 g/mol. The molecule has 1 N–H and O–H groups in total. The van der Waals surface area contributed by atoms with Crippen molar-refractivity contribution < 1.29 is 0 Å². The highest BCUT2D eigenvalue weighted by molar-refractivity contribution is 7.25. The van der Waals surface area contributed by atoms with Gasteiger partial charge in [0.25, 0.3) is 0 Å². The summed E-state index contributed by atoms with van der Waals surface area (Å²) < 4.78 is 5.23. The first-order chi connectivity index (χ1) is 26.3. The molecule has 264 valence electrons. The standard InChI is InChI=1S/C50H45BN2S/c1-6-7-8-13-31-18-22-34(23-19-31)52-41-29-45-38(36-16-11-12-17-44(36)54-45)28-37(41)39-26-30(2)46-47-35-15-10-9-14-32(35)20-24-43(47)53-42-25-21-33(50(3,4)5)27-40(42)51-48(39)49(46)53/h9-12,14-29,51-52H,6-8,13H2,1-5H3. The van der Waals surface area contributed by atoms with Gasteiger partial charge in [-0.15, -0.1) is 11.3 Å². The highest BCUT2D eigenvalue weighted by Crippen LogP contribution is 2.45. The van der Waals surface area contributed by atoms with Crippen LogP contribution in [0.3, 0.4) is 0 Å². The number of nitrogens with one attached hydrogen (secondary N) is 1. The van der Waals surface area contributed by atoms with Crippen LogP contribution in [0.15, 0.2) is 121 Å². The molecule has 10 rings (SSSR count). The van der Waals surface area contributed by atoms with Gasteiger partial charge < -0.3 is 9.88 Å². The summed E-state index contributed by atoms with van der Waals surface area (Å²) in [5, 5.41) is 11.9. The maximum absolute atomic E-state index is 3.95. The topological polar surface area (TPSA) is 17.0 Å². The van der Waals surface area contributed by atoms with Crippen molar-refractivity contribution in [3.63, 3.8) is 0 Å². The molecule has 4 heteroatoms. The van der Waals surface area contributed by atoms with E-state index in [4.69, 9.17) is 0 Å². The van der Waals surface area contributed by atoms with E-state index >= 15 is 0 Å². The number of benzene rings is 7. The van der Waals surface area contributed by atoms with Gasteiger partial charge in [-0.1, -0.05) is 125 Å². The second-order valence-corrected chi connectivity index (χ2v) is 17.6. The summed E-state index contributed by atoms with van der Waals surface area (Å²) in [7, 11) is 0.883. The average Bonchev–Trinajstić information content (AvgIpc) is 3.73. The molecule has 2 aromatic heterocycles. The highest BCUT2D eigenvalue weighted by atomic mass is 32.1. The Morgan fingerprint density at radius 1 is 0.704 bits per heavy atom. The number of aryl methyl sites for hydroxylation is 2. The summed E-state index contributed by atoms with van der Waals surface area (Å²) in [4.78, 5) is 0. The molecule has 0 saturated carbocycles. The molecule has 0 atom stereocenters.